The van der Waals surface area contributed by atoms with Crippen LogP contribution in [-0.4, -0.2) is 25.0 Å². The van der Waals surface area contributed by atoms with E-state index in [2.05, 4.69) is 11.4 Å². The summed E-state index contributed by atoms with van der Waals surface area (Å²) in [4.78, 5) is 22.8. The highest BCUT2D eigenvalue weighted by atomic mass is 16.5. The predicted molar refractivity (Wildman–Crippen MR) is 61.1 cm³/mol. The summed E-state index contributed by atoms with van der Waals surface area (Å²) in [5.74, 6) is 0.0983. The summed E-state index contributed by atoms with van der Waals surface area (Å²) in [5, 5.41) is 2.55. The highest BCUT2D eigenvalue weighted by Gasteiger charge is 2.36. The highest BCUT2D eigenvalue weighted by molar-refractivity contribution is 5.83. The summed E-state index contributed by atoms with van der Waals surface area (Å²) in [6, 6.07) is 0. The van der Waals surface area contributed by atoms with Crippen molar-refractivity contribution < 1.29 is 14.3 Å². The number of Topliss-reactive ketones (excluding diaryl/α,β-unsaturated/α-hetero) is 1. The number of allylic oxidation sites excluding steroid dienone is 2. The van der Waals surface area contributed by atoms with Crippen molar-refractivity contribution in [3.8, 4) is 0 Å². The second-order valence-corrected chi connectivity index (χ2v) is 4.16. The third-order valence-electron chi connectivity index (χ3n) is 3.01. The number of alkyl carbamates (subject to hydrolysis) is 1. The lowest BCUT2D eigenvalue weighted by Gasteiger charge is -2.31. The van der Waals surface area contributed by atoms with E-state index in [1.807, 2.05) is 13.0 Å². The molecule has 1 aliphatic rings. The molecule has 0 aliphatic heterocycles. The van der Waals surface area contributed by atoms with Crippen molar-refractivity contribution in [1.29, 1.82) is 0 Å². The molecule has 4 heteroatoms. The van der Waals surface area contributed by atoms with Crippen molar-refractivity contribution in [2.45, 2.75) is 33.1 Å². The first-order valence-corrected chi connectivity index (χ1v) is 5.67. The first kappa shape index (κ1) is 12.7. The van der Waals surface area contributed by atoms with E-state index < -0.39 is 11.5 Å². The van der Waals surface area contributed by atoms with E-state index in [-0.39, 0.29) is 12.4 Å². The summed E-state index contributed by atoms with van der Waals surface area (Å²) in [7, 11) is 0. The van der Waals surface area contributed by atoms with Gasteiger partial charge in [-0.25, -0.2) is 4.79 Å². The van der Waals surface area contributed by atoms with Crippen molar-refractivity contribution in [3.05, 3.63) is 12.2 Å². The lowest BCUT2D eigenvalue weighted by atomic mass is 9.75. The SMILES string of the molecule is CCNC(=O)OCC1(C(C)=O)CC=CCC1. The number of ketones is 1. The molecule has 1 N–H and O–H groups in total. The molecule has 0 bridgehead atoms. The molecule has 0 aromatic rings. The first-order valence-electron chi connectivity index (χ1n) is 5.67. The molecule has 16 heavy (non-hydrogen) atoms. The van der Waals surface area contributed by atoms with Gasteiger partial charge in [-0.1, -0.05) is 12.2 Å². The summed E-state index contributed by atoms with van der Waals surface area (Å²) < 4.78 is 5.08. The van der Waals surface area contributed by atoms with E-state index in [0.717, 1.165) is 12.8 Å². The number of carbonyl (C=O) groups is 2. The van der Waals surface area contributed by atoms with Crippen LogP contribution < -0.4 is 5.32 Å². The van der Waals surface area contributed by atoms with E-state index in [9.17, 15) is 9.59 Å². The largest absolute Gasteiger partial charge is 0.448 e. The number of hydrogen-bond donors (Lipinski definition) is 1. The lowest BCUT2D eigenvalue weighted by Crippen LogP contribution is -2.38. The fraction of sp³-hybridized carbons (Fsp3) is 0.667. The summed E-state index contributed by atoms with van der Waals surface area (Å²) >= 11 is 0. The van der Waals surface area contributed by atoms with E-state index in [4.69, 9.17) is 4.74 Å². The Morgan fingerprint density at radius 1 is 1.44 bits per heavy atom. The zero-order valence-electron chi connectivity index (χ0n) is 9.91. The summed E-state index contributed by atoms with van der Waals surface area (Å²) in [6.07, 6.45) is 5.91. The van der Waals surface area contributed by atoms with Gasteiger partial charge in [0, 0.05) is 6.54 Å². The van der Waals surface area contributed by atoms with Crippen molar-refractivity contribution in [2.24, 2.45) is 5.41 Å². The second kappa shape index (κ2) is 5.68. The Hall–Kier alpha value is -1.32. The molecular weight excluding hydrogens is 206 g/mol. The minimum atomic E-state index is -0.500. The molecule has 0 fully saturated rings. The molecule has 4 nitrogen and oxygen atoms in total. The number of nitrogens with one attached hydrogen (secondary N) is 1. The number of ether oxygens (including phenoxy) is 1. The van der Waals surface area contributed by atoms with Crippen molar-refractivity contribution in [3.63, 3.8) is 0 Å². The fourth-order valence-electron chi connectivity index (χ4n) is 1.84. The molecule has 1 atom stereocenters. The minimum Gasteiger partial charge on any atom is -0.448 e. The van der Waals surface area contributed by atoms with Crippen LogP contribution >= 0.6 is 0 Å². The number of rotatable bonds is 4. The van der Waals surface area contributed by atoms with Crippen LogP contribution in [0.15, 0.2) is 12.2 Å². The number of carbonyl (C=O) groups excluding carboxylic acids is 2. The lowest BCUT2D eigenvalue weighted by molar-refractivity contribution is -0.129. The average Bonchev–Trinajstić information content (AvgIpc) is 2.28. The maximum absolute atomic E-state index is 11.6. The molecule has 90 valence electrons. The maximum Gasteiger partial charge on any atom is 0.407 e. The quantitative estimate of drug-likeness (QED) is 0.745. The third-order valence-corrected chi connectivity index (χ3v) is 3.01. The van der Waals surface area contributed by atoms with Gasteiger partial charge in [-0.2, -0.15) is 0 Å². The molecule has 1 rings (SSSR count). The molecule has 0 radical (unpaired) electrons. The number of amides is 1. The molecule has 0 aromatic heterocycles. The minimum absolute atomic E-state index is 0.0983. The van der Waals surface area contributed by atoms with Crippen molar-refractivity contribution in [1.82, 2.24) is 5.32 Å². The van der Waals surface area contributed by atoms with Crippen LogP contribution in [0.25, 0.3) is 0 Å². The Kier molecular flexibility index (Phi) is 4.52. The average molecular weight is 225 g/mol. The molecule has 0 saturated heterocycles. The van der Waals surface area contributed by atoms with Gasteiger partial charge in [-0.05, 0) is 33.1 Å². The Balaban J connectivity index is 2.55. The fourth-order valence-corrected chi connectivity index (χ4v) is 1.84. The van der Waals surface area contributed by atoms with Gasteiger partial charge in [0.25, 0.3) is 0 Å². The topological polar surface area (TPSA) is 55.4 Å². The third kappa shape index (κ3) is 3.08. The van der Waals surface area contributed by atoms with E-state index in [0.29, 0.717) is 13.0 Å². The van der Waals surface area contributed by atoms with Gasteiger partial charge >= 0.3 is 6.09 Å². The molecule has 1 unspecified atom stereocenters. The molecule has 1 aliphatic carbocycles. The summed E-state index contributed by atoms with van der Waals surface area (Å²) in [6.45, 7) is 4.11. The monoisotopic (exact) mass is 225 g/mol. The zero-order valence-corrected chi connectivity index (χ0v) is 9.91. The van der Waals surface area contributed by atoms with E-state index >= 15 is 0 Å². The van der Waals surface area contributed by atoms with Crippen molar-refractivity contribution >= 4 is 11.9 Å². The van der Waals surface area contributed by atoms with E-state index in [1.165, 1.54) is 0 Å². The molecule has 0 heterocycles. The van der Waals surface area contributed by atoms with Gasteiger partial charge in [0.1, 0.15) is 12.4 Å². The van der Waals surface area contributed by atoms with Crippen LogP contribution in [-0.2, 0) is 9.53 Å². The van der Waals surface area contributed by atoms with Crippen molar-refractivity contribution in [2.75, 3.05) is 13.2 Å². The molecule has 0 spiro atoms. The van der Waals surface area contributed by atoms with Crippen LogP contribution in [0.5, 0.6) is 0 Å². The Morgan fingerprint density at radius 2 is 2.19 bits per heavy atom. The standard InChI is InChI=1S/C12H19NO3/c1-3-13-11(15)16-9-12(10(2)14)7-5-4-6-8-12/h4-5H,3,6-9H2,1-2H3,(H,13,15). The summed E-state index contributed by atoms with van der Waals surface area (Å²) in [5.41, 5.74) is -0.500. The van der Waals surface area contributed by atoms with Crippen LogP contribution in [0, 0.1) is 5.41 Å². The Morgan fingerprint density at radius 3 is 2.69 bits per heavy atom. The van der Waals surface area contributed by atoms with Gasteiger partial charge < -0.3 is 10.1 Å². The first-order chi connectivity index (χ1) is 7.60. The maximum atomic E-state index is 11.6. The van der Waals surface area contributed by atoms with Gasteiger partial charge in [-0.3, -0.25) is 4.79 Å². The van der Waals surface area contributed by atoms with Gasteiger partial charge in [0.15, 0.2) is 0 Å². The Labute approximate surface area is 96.0 Å². The van der Waals surface area contributed by atoms with Gasteiger partial charge in [-0.15, -0.1) is 0 Å². The predicted octanol–water partition coefficient (Wildman–Crippen LogP) is 2.05. The Bertz CT molecular complexity index is 299. The normalized spacial score (nSPS) is 23.9. The molecule has 1 amide bonds. The zero-order chi connectivity index (χ0) is 12.0. The van der Waals surface area contributed by atoms with Gasteiger partial charge in [0.05, 0.1) is 5.41 Å². The second-order valence-electron chi connectivity index (χ2n) is 4.16. The molecule has 0 aromatic carbocycles. The van der Waals surface area contributed by atoms with E-state index in [1.54, 1.807) is 6.92 Å². The number of hydrogen-bond acceptors (Lipinski definition) is 3. The van der Waals surface area contributed by atoms with Crippen LogP contribution in [0.2, 0.25) is 0 Å². The van der Waals surface area contributed by atoms with Gasteiger partial charge in [0.2, 0.25) is 0 Å². The van der Waals surface area contributed by atoms with Crippen LogP contribution in [0.3, 0.4) is 0 Å². The van der Waals surface area contributed by atoms with Crippen LogP contribution in [0.1, 0.15) is 33.1 Å². The smallest absolute Gasteiger partial charge is 0.407 e. The molecule has 0 saturated carbocycles. The highest BCUT2D eigenvalue weighted by Crippen LogP contribution is 2.34. The molecular formula is C12H19NO3. The van der Waals surface area contributed by atoms with Crippen LogP contribution in [0.4, 0.5) is 4.79 Å².